The Morgan fingerprint density at radius 3 is 2.76 bits per heavy atom. The van der Waals surface area contributed by atoms with Crippen molar-refractivity contribution in [3.05, 3.63) is 63.7 Å². The predicted molar refractivity (Wildman–Crippen MR) is 78.1 cm³/mol. The van der Waals surface area contributed by atoms with Gasteiger partial charge in [0.15, 0.2) is 0 Å². The smallest absolute Gasteiger partial charge is 0.274 e. The topological polar surface area (TPSA) is 88.2 Å². The largest absolute Gasteiger partial charge is 0.495 e. The van der Waals surface area contributed by atoms with E-state index in [0.717, 1.165) is 0 Å². The van der Waals surface area contributed by atoms with Crippen LogP contribution in [0.5, 0.6) is 5.75 Å². The molecule has 21 heavy (non-hydrogen) atoms. The highest BCUT2D eigenvalue weighted by molar-refractivity contribution is 5.60. The molecule has 0 aromatic heterocycles. The normalized spacial score (nSPS) is 9.71. The summed E-state index contributed by atoms with van der Waals surface area (Å²) < 4.78 is 5.21. The first-order valence-corrected chi connectivity index (χ1v) is 6.20. The number of anilines is 1. The van der Waals surface area contributed by atoms with Gasteiger partial charge in [0.05, 0.1) is 29.4 Å². The zero-order valence-corrected chi connectivity index (χ0v) is 11.4. The van der Waals surface area contributed by atoms with E-state index >= 15 is 0 Å². The number of methoxy groups -OCH3 is 1. The molecule has 0 fully saturated rings. The van der Waals surface area contributed by atoms with Crippen LogP contribution >= 0.6 is 0 Å². The molecule has 6 heteroatoms. The van der Waals surface area contributed by atoms with Gasteiger partial charge in [0.25, 0.3) is 5.69 Å². The van der Waals surface area contributed by atoms with Crippen LogP contribution < -0.4 is 10.1 Å². The van der Waals surface area contributed by atoms with Crippen LogP contribution in [0.3, 0.4) is 0 Å². The van der Waals surface area contributed by atoms with Gasteiger partial charge in [-0.3, -0.25) is 10.1 Å². The van der Waals surface area contributed by atoms with Crippen LogP contribution in [0, 0.1) is 21.4 Å². The zero-order chi connectivity index (χ0) is 15.2. The SMILES string of the molecule is COc1cc(C#N)ccc1NCc1ccccc1[N+](=O)[O-]. The van der Waals surface area contributed by atoms with E-state index < -0.39 is 4.92 Å². The minimum absolute atomic E-state index is 0.0672. The van der Waals surface area contributed by atoms with Crippen molar-refractivity contribution in [2.24, 2.45) is 0 Å². The Kier molecular flexibility index (Phi) is 4.36. The molecule has 0 spiro atoms. The third-order valence-electron chi connectivity index (χ3n) is 2.99. The number of ether oxygens (including phenoxy) is 1. The van der Waals surface area contributed by atoms with Gasteiger partial charge in [-0.15, -0.1) is 0 Å². The molecule has 0 bridgehead atoms. The Hall–Kier alpha value is -3.07. The van der Waals surface area contributed by atoms with Crippen molar-refractivity contribution in [1.82, 2.24) is 0 Å². The summed E-state index contributed by atoms with van der Waals surface area (Å²) in [6.45, 7) is 0.291. The fraction of sp³-hybridized carbons (Fsp3) is 0.133. The van der Waals surface area contributed by atoms with Gasteiger partial charge in [-0.05, 0) is 12.1 Å². The summed E-state index contributed by atoms with van der Waals surface area (Å²) in [5.74, 6) is 0.521. The van der Waals surface area contributed by atoms with Crippen molar-refractivity contribution in [3.8, 4) is 11.8 Å². The van der Waals surface area contributed by atoms with Crippen molar-refractivity contribution >= 4 is 11.4 Å². The summed E-state index contributed by atoms with van der Waals surface area (Å²) in [5.41, 5.74) is 1.81. The molecule has 0 saturated carbocycles. The van der Waals surface area contributed by atoms with E-state index in [1.54, 1.807) is 36.4 Å². The number of rotatable bonds is 5. The van der Waals surface area contributed by atoms with E-state index in [2.05, 4.69) is 5.32 Å². The molecular formula is C15H13N3O3. The highest BCUT2D eigenvalue weighted by Crippen LogP contribution is 2.27. The third kappa shape index (κ3) is 3.28. The van der Waals surface area contributed by atoms with E-state index in [0.29, 0.717) is 29.1 Å². The lowest BCUT2D eigenvalue weighted by molar-refractivity contribution is -0.385. The average Bonchev–Trinajstić information content (AvgIpc) is 2.52. The first-order valence-electron chi connectivity index (χ1n) is 6.20. The van der Waals surface area contributed by atoms with Crippen LogP contribution in [0.2, 0.25) is 0 Å². The van der Waals surface area contributed by atoms with Gasteiger partial charge in [-0.1, -0.05) is 18.2 Å². The fourth-order valence-corrected chi connectivity index (χ4v) is 1.94. The molecule has 6 nitrogen and oxygen atoms in total. The third-order valence-corrected chi connectivity index (χ3v) is 2.99. The molecule has 0 atom stereocenters. The van der Waals surface area contributed by atoms with Crippen molar-refractivity contribution < 1.29 is 9.66 Å². The molecule has 0 aliphatic heterocycles. The van der Waals surface area contributed by atoms with Crippen molar-refractivity contribution in [1.29, 1.82) is 5.26 Å². The maximum Gasteiger partial charge on any atom is 0.274 e. The number of nitro groups is 1. The summed E-state index contributed by atoms with van der Waals surface area (Å²) >= 11 is 0. The second-order valence-corrected chi connectivity index (χ2v) is 4.27. The van der Waals surface area contributed by atoms with E-state index in [4.69, 9.17) is 10.00 Å². The summed E-state index contributed by atoms with van der Waals surface area (Å²) in [4.78, 5) is 10.5. The number of para-hydroxylation sites is 1. The van der Waals surface area contributed by atoms with Crippen LogP contribution in [0.1, 0.15) is 11.1 Å². The summed E-state index contributed by atoms with van der Waals surface area (Å²) in [5, 5.41) is 22.9. The monoisotopic (exact) mass is 283 g/mol. The molecule has 0 aliphatic carbocycles. The van der Waals surface area contributed by atoms with E-state index in [1.165, 1.54) is 13.2 Å². The van der Waals surface area contributed by atoms with Gasteiger partial charge in [-0.2, -0.15) is 5.26 Å². The van der Waals surface area contributed by atoms with Crippen LogP contribution in [0.4, 0.5) is 11.4 Å². The molecule has 2 aromatic rings. The van der Waals surface area contributed by atoms with E-state index in [-0.39, 0.29) is 5.69 Å². The molecular weight excluding hydrogens is 270 g/mol. The number of hydrogen-bond acceptors (Lipinski definition) is 5. The second-order valence-electron chi connectivity index (χ2n) is 4.27. The quantitative estimate of drug-likeness (QED) is 0.673. The van der Waals surface area contributed by atoms with Gasteiger partial charge in [0.2, 0.25) is 0 Å². The average molecular weight is 283 g/mol. The van der Waals surface area contributed by atoms with Gasteiger partial charge in [0, 0.05) is 24.2 Å². The van der Waals surface area contributed by atoms with Gasteiger partial charge >= 0.3 is 0 Å². The number of benzene rings is 2. The molecule has 1 N–H and O–H groups in total. The number of nitriles is 1. The first kappa shape index (κ1) is 14.3. The molecule has 0 aliphatic rings. The molecule has 2 rings (SSSR count). The Bertz CT molecular complexity index is 708. The zero-order valence-electron chi connectivity index (χ0n) is 11.4. The van der Waals surface area contributed by atoms with Crippen LogP contribution in [-0.4, -0.2) is 12.0 Å². The van der Waals surface area contributed by atoms with E-state index in [1.807, 2.05) is 6.07 Å². The Labute approximate surface area is 121 Å². The maximum absolute atomic E-state index is 11.0. The fourth-order valence-electron chi connectivity index (χ4n) is 1.94. The van der Waals surface area contributed by atoms with Gasteiger partial charge in [-0.25, -0.2) is 0 Å². The molecule has 2 aromatic carbocycles. The van der Waals surface area contributed by atoms with Crippen molar-refractivity contribution in [2.75, 3.05) is 12.4 Å². The van der Waals surface area contributed by atoms with Crippen LogP contribution in [0.25, 0.3) is 0 Å². The molecule has 0 radical (unpaired) electrons. The number of nitrogens with zero attached hydrogens (tertiary/aromatic N) is 2. The minimum Gasteiger partial charge on any atom is -0.495 e. The Morgan fingerprint density at radius 1 is 1.33 bits per heavy atom. The minimum atomic E-state index is -0.410. The Morgan fingerprint density at radius 2 is 2.10 bits per heavy atom. The molecule has 0 saturated heterocycles. The van der Waals surface area contributed by atoms with Crippen LogP contribution in [0.15, 0.2) is 42.5 Å². The standard InChI is InChI=1S/C15H13N3O3/c1-21-15-8-11(9-16)6-7-13(15)17-10-12-4-2-3-5-14(12)18(19)20/h2-8,17H,10H2,1H3. The molecule has 0 heterocycles. The molecule has 0 amide bonds. The first-order chi connectivity index (χ1) is 10.2. The van der Waals surface area contributed by atoms with E-state index in [9.17, 15) is 10.1 Å². The summed E-state index contributed by atoms with van der Waals surface area (Å²) in [6, 6.07) is 13.6. The highest BCUT2D eigenvalue weighted by atomic mass is 16.6. The number of nitrogens with one attached hydrogen (secondary N) is 1. The van der Waals surface area contributed by atoms with Gasteiger partial charge < -0.3 is 10.1 Å². The lowest BCUT2D eigenvalue weighted by Gasteiger charge is -2.11. The lowest BCUT2D eigenvalue weighted by atomic mass is 10.1. The van der Waals surface area contributed by atoms with Crippen LogP contribution in [-0.2, 0) is 6.54 Å². The lowest BCUT2D eigenvalue weighted by Crippen LogP contribution is -2.04. The van der Waals surface area contributed by atoms with Gasteiger partial charge in [0.1, 0.15) is 5.75 Å². The predicted octanol–water partition coefficient (Wildman–Crippen LogP) is 3.09. The summed E-state index contributed by atoms with van der Waals surface area (Å²) in [6.07, 6.45) is 0. The highest BCUT2D eigenvalue weighted by Gasteiger charge is 2.12. The molecule has 0 unspecified atom stereocenters. The second kappa shape index (κ2) is 6.39. The molecule has 106 valence electrons. The number of hydrogen-bond donors (Lipinski definition) is 1. The van der Waals surface area contributed by atoms with Crippen molar-refractivity contribution in [2.45, 2.75) is 6.54 Å². The number of nitro benzene ring substituents is 1. The van der Waals surface area contributed by atoms with Crippen molar-refractivity contribution in [3.63, 3.8) is 0 Å². The summed E-state index contributed by atoms with van der Waals surface area (Å²) in [7, 11) is 1.51. The Balaban J connectivity index is 2.21. The maximum atomic E-state index is 11.0.